The molecular weight excluding hydrogens is 354 g/mol. The topological polar surface area (TPSA) is 77.3 Å². The van der Waals surface area contributed by atoms with Crippen LogP contribution in [0.5, 0.6) is 5.75 Å². The highest BCUT2D eigenvalue weighted by Gasteiger charge is 2.34. The van der Waals surface area contributed by atoms with E-state index in [-0.39, 0.29) is 17.7 Å². The Morgan fingerprint density at radius 3 is 2.75 bits per heavy atom. The predicted molar refractivity (Wildman–Crippen MR) is 108 cm³/mol. The van der Waals surface area contributed by atoms with Gasteiger partial charge < -0.3 is 20.6 Å². The third-order valence-corrected chi connectivity index (χ3v) is 5.13. The Morgan fingerprint density at radius 1 is 1.14 bits per heavy atom. The molecule has 2 N–H and O–H groups in total. The van der Waals surface area contributed by atoms with Crippen molar-refractivity contribution in [2.45, 2.75) is 38.8 Å². The van der Waals surface area contributed by atoms with E-state index in [1.807, 2.05) is 56.3 Å². The zero-order chi connectivity index (χ0) is 19.9. The quantitative estimate of drug-likeness (QED) is 0.519. The van der Waals surface area contributed by atoms with Gasteiger partial charge in [-0.05, 0) is 32.0 Å². The Balaban J connectivity index is 1.59. The zero-order valence-corrected chi connectivity index (χ0v) is 16.2. The van der Waals surface area contributed by atoms with E-state index in [2.05, 4.69) is 10.6 Å². The zero-order valence-electron chi connectivity index (χ0n) is 16.2. The van der Waals surface area contributed by atoms with Crippen molar-refractivity contribution in [3.8, 4) is 5.75 Å². The maximum atomic E-state index is 12.8. The Hall–Kier alpha value is -3.28. The number of aryl methyl sites for hydroxylation is 1. The third-order valence-electron chi connectivity index (χ3n) is 5.13. The van der Waals surface area contributed by atoms with E-state index >= 15 is 0 Å². The number of benzene rings is 2. The minimum Gasteiger partial charge on any atom is -0.618 e. The lowest BCUT2D eigenvalue weighted by atomic mass is 9.90. The normalized spacial score (nSPS) is 17.5. The van der Waals surface area contributed by atoms with Crippen LogP contribution >= 0.6 is 0 Å². The summed E-state index contributed by atoms with van der Waals surface area (Å²) in [5.41, 5.74) is 1.86. The summed E-state index contributed by atoms with van der Waals surface area (Å²) < 4.78 is 6.85. The van der Waals surface area contributed by atoms with Crippen LogP contribution in [0.2, 0.25) is 0 Å². The molecule has 1 atom stereocenters. The molecule has 1 unspecified atom stereocenters. The molecule has 144 valence electrons. The molecule has 0 spiro atoms. The molecule has 3 aromatic rings. The highest BCUT2D eigenvalue weighted by atomic mass is 16.5. The fourth-order valence-electron chi connectivity index (χ4n) is 3.79. The van der Waals surface area contributed by atoms with E-state index in [1.54, 1.807) is 13.0 Å². The van der Waals surface area contributed by atoms with Gasteiger partial charge in [0.2, 0.25) is 0 Å². The summed E-state index contributed by atoms with van der Waals surface area (Å²) in [6, 6.07) is 14.6. The number of anilines is 1. The molecule has 28 heavy (non-hydrogen) atoms. The number of nitrogens with one attached hydrogen (secondary N) is 2. The van der Waals surface area contributed by atoms with Gasteiger partial charge in [-0.2, -0.15) is 4.73 Å². The van der Waals surface area contributed by atoms with Crippen LogP contribution in [0.15, 0.2) is 54.7 Å². The fourth-order valence-corrected chi connectivity index (χ4v) is 3.79. The molecule has 2 aromatic carbocycles. The summed E-state index contributed by atoms with van der Waals surface area (Å²) in [7, 11) is 0. The second-order valence-electron chi connectivity index (χ2n) is 7.75. The maximum absolute atomic E-state index is 12.8. The largest absolute Gasteiger partial charge is 0.618 e. The molecule has 4 rings (SSSR count). The number of aromatic nitrogens is 1. The molecular formula is C22H23N3O3. The molecule has 0 saturated heterocycles. The molecule has 1 aliphatic heterocycles. The van der Waals surface area contributed by atoms with Gasteiger partial charge in [-0.15, -0.1) is 0 Å². The average Bonchev–Trinajstić information content (AvgIpc) is 2.64. The van der Waals surface area contributed by atoms with Crippen molar-refractivity contribution in [3.05, 3.63) is 71.2 Å². The highest BCUT2D eigenvalue weighted by molar-refractivity contribution is 6.01. The summed E-state index contributed by atoms with van der Waals surface area (Å²) >= 11 is 0. The first-order chi connectivity index (χ1) is 13.3. The second-order valence-corrected chi connectivity index (χ2v) is 7.75. The molecule has 1 aromatic heterocycles. The molecule has 2 amide bonds. The summed E-state index contributed by atoms with van der Waals surface area (Å²) in [5.74, 6) is 0.796. The predicted octanol–water partition coefficient (Wildman–Crippen LogP) is 4.21. The molecule has 0 saturated carbocycles. The van der Waals surface area contributed by atoms with Crippen LogP contribution in [0.4, 0.5) is 10.5 Å². The summed E-state index contributed by atoms with van der Waals surface area (Å²) in [6.45, 7) is 5.79. The standard InChI is InChI=1S/C22H23N3O3/c1-14-15-8-6-9-18(16(15)11-12-25(14)27)23-21(26)24-19-13-22(2,3)28-20-10-5-4-7-17(19)20/h4-12,19H,13H2,1-3H3,(H2,23,24,26). The number of nitrogens with zero attached hydrogens (tertiary/aromatic N) is 1. The number of hydrogen-bond acceptors (Lipinski definition) is 3. The highest BCUT2D eigenvalue weighted by Crippen LogP contribution is 2.39. The number of carbonyl (C=O) groups is 1. The van der Waals surface area contributed by atoms with Crippen LogP contribution in [0.25, 0.3) is 10.8 Å². The summed E-state index contributed by atoms with van der Waals surface area (Å²) in [5, 5.41) is 19.5. The lowest BCUT2D eigenvalue weighted by Crippen LogP contribution is -2.42. The average molecular weight is 377 g/mol. The molecule has 0 bridgehead atoms. The second kappa shape index (κ2) is 6.71. The molecule has 6 nitrogen and oxygen atoms in total. The fraction of sp³-hybridized carbons (Fsp3) is 0.273. The molecule has 0 fully saturated rings. The van der Waals surface area contributed by atoms with Gasteiger partial charge in [-0.3, -0.25) is 0 Å². The number of urea groups is 1. The summed E-state index contributed by atoms with van der Waals surface area (Å²) in [4.78, 5) is 12.8. The van der Waals surface area contributed by atoms with Crippen molar-refractivity contribution in [1.29, 1.82) is 0 Å². The van der Waals surface area contributed by atoms with Crippen molar-refractivity contribution >= 4 is 22.5 Å². The van der Waals surface area contributed by atoms with E-state index in [4.69, 9.17) is 4.74 Å². The van der Waals surface area contributed by atoms with Crippen molar-refractivity contribution in [2.24, 2.45) is 0 Å². The van der Waals surface area contributed by atoms with Crippen LogP contribution in [0.1, 0.15) is 37.6 Å². The van der Waals surface area contributed by atoms with Crippen LogP contribution in [0.3, 0.4) is 0 Å². The number of fused-ring (bicyclic) bond motifs is 2. The molecule has 6 heteroatoms. The Labute approximate surface area is 163 Å². The van der Waals surface area contributed by atoms with Gasteiger partial charge in [0, 0.05) is 30.4 Å². The molecule has 1 aliphatic rings. The first-order valence-electron chi connectivity index (χ1n) is 9.31. The molecule has 0 aliphatic carbocycles. The monoisotopic (exact) mass is 377 g/mol. The minimum absolute atomic E-state index is 0.152. The van der Waals surface area contributed by atoms with Crippen molar-refractivity contribution in [1.82, 2.24) is 5.32 Å². The number of amides is 2. The number of pyridine rings is 1. The van der Waals surface area contributed by atoms with Crippen LogP contribution in [-0.2, 0) is 0 Å². The smallest absolute Gasteiger partial charge is 0.319 e. The Morgan fingerprint density at radius 2 is 1.93 bits per heavy atom. The SMILES string of the molecule is Cc1c2cccc(NC(=O)NC3CC(C)(C)Oc4ccccc43)c2cc[n+]1[O-]. The van der Waals surface area contributed by atoms with Gasteiger partial charge in [0.25, 0.3) is 0 Å². The van der Waals surface area contributed by atoms with E-state index in [9.17, 15) is 10.0 Å². The molecule has 2 heterocycles. The van der Waals surface area contributed by atoms with Gasteiger partial charge in [-0.25, -0.2) is 4.79 Å². The lowest BCUT2D eigenvalue weighted by Gasteiger charge is -2.37. The van der Waals surface area contributed by atoms with Crippen LogP contribution in [-0.4, -0.2) is 11.6 Å². The number of carbonyl (C=O) groups excluding carboxylic acids is 1. The number of ether oxygens (including phenoxy) is 1. The number of hydrogen-bond donors (Lipinski definition) is 2. The van der Waals surface area contributed by atoms with Crippen molar-refractivity contribution < 1.29 is 14.3 Å². The number of para-hydroxylation sites is 1. The van der Waals surface area contributed by atoms with Crippen molar-refractivity contribution in [2.75, 3.05) is 5.32 Å². The Bertz CT molecular complexity index is 1060. The van der Waals surface area contributed by atoms with Crippen LogP contribution < -0.4 is 20.1 Å². The third kappa shape index (κ3) is 3.33. The van der Waals surface area contributed by atoms with Gasteiger partial charge in [-0.1, -0.05) is 24.3 Å². The maximum Gasteiger partial charge on any atom is 0.319 e. The first-order valence-corrected chi connectivity index (χ1v) is 9.31. The summed E-state index contributed by atoms with van der Waals surface area (Å²) in [6.07, 6.45) is 2.13. The Kier molecular flexibility index (Phi) is 4.34. The van der Waals surface area contributed by atoms with Gasteiger partial charge in [0.15, 0.2) is 11.9 Å². The van der Waals surface area contributed by atoms with Gasteiger partial charge >= 0.3 is 6.03 Å². The van der Waals surface area contributed by atoms with Gasteiger partial charge in [0.05, 0.1) is 17.1 Å². The molecule has 0 radical (unpaired) electrons. The van der Waals surface area contributed by atoms with Gasteiger partial charge in [0.1, 0.15) is 11.4 Å². The minimum atomic E-state index is -0.370. The first kappa shape index (κ1) is 18.1. The van der Waals surface area contributed by atoms with Crippen molar-refractivity contribution in [3.63, 3.8) is 0 Å². The van der Waals surface area contributed by atoms with E-state index in [1.165, 1.54) is 6.20 Å². The number of rotatable bonds is 2. The van der Waals surface area contributed by atoms with E-state index in [0.29, 0.717) is 17.8 Å². The van der Waals surface area contributed by atoms with E-state index in [0.717, 1.165) is 26.8 Å². The van der Waals surface area contributed by atoms with Crippen LogP contribution in [0, 0.1) is 12.1 Å². The van der Waals surface area contributed by atoms with E-state index < -0.39 is 0 Å². The lowest BCUT2D eigenvalue weighted by molar-refractivity contribution is -0.610.